The molecule has 0 bridgehead atoms. The van der Waals surface area contributed by atoms with Crippen molar-refractivity contribution in [1.82, 2.24) is 9.88 Å². The van der Waals surface area contributed by atoms with E-state index in [0.29, 0.717) is 0 Å². The van der Waals surface area contributed by atoms with E-state index in [4.69, 9.17) is 10.00 Å². The van der Waals surface area contributed by atoms with E-state index in [1.807, 2.05) is 43.3 Å². The van der Waals surface area contributed by atoms with E-state index < -0.39 is 5.82 Å². The van der Waals surface area contributed by atoms with Crippen molar-refractivity contribution in [2.24, 2.45) is 0 Å². The lowest BCUT2D eigenvalue weighted by molar-refractivity contribution is 0.0979. The molecule has 142 valence electrons. The van der Waals surface area contributed by atoms with E-state index in [2.05, 4.69) is 9.88 Å². The van der Waals surface area contributed by atoms with Gasteiger partial charge in [0.05, 0.1) is 11.1 Å². The van der Waals surface area contributed by atoms with Crippen LogP contribution in [0.4, 0.5) is 4.39 Å². The van der Waals surface area contributed by atoms with E-state index in [9.17, 15) is 4.39 Å². The molecule has 5 heteroatoms. The molecule has 3 aromatic rings. The minimum atomic E-state index is -0.460. The molecular formula is C23H22FN3O. The number of hydrogen-bond donors (Lipinski definition) is 0. The average Bonchev–Trinajstić information content (AvgIpc) is 2.71. The van der Waals surface area contributed by atoms with E-state index in [1.165, 1.54) is 6.07 Å². The van der Waals surface area contributed by atoms with Gasteiger partial charge in [0.2, 0.25) is 0 Å². The van der Waals surface area contributed by atoms with Crippen molar-refractivity contribution < 1.29 is 9.13 Å². The topological polar surface area (TPSA) is 49.1 Å². The molecule has 0 unspecified atom stereocenters. The number of fused-ring (bicyclic) bond motifs is 1. The molecule has 0 radical (unpaired) electrons. The van der Waals surface area contributed by atoms with E-state index >= 15 is 0 Å². The Labute approximate surface area is 164 Å². The molecule has 4 nitrogen and oxygen atoms in total. The second-order valence-corrected chi connectivity index (χ2v) is 7.30. The number of aromatic nitrogens is 1. The fourth-order valence-electron chi connectivity index (χ4n) is 3.75. The van der Waals surface area contributed by atoms with Crippen LogP contribution in [-0.2, 0) is 6.54 Å². The van der Waals surface area contributed by atoms with Gasteiger partial charge in [0, 0.05) is 36.8 Å². The highest BCUT2D eigenvalue weighted by Crippen LogP contribution is 2.28. The number of hydrogen-bond acceptors (Lipinski definition) is 4. The smallest absolute Gasteiger partial charge is 0.140 e. The molecule has 28 heavy (non-hydrogen) atoms. The molecule has 0 N–H and O–H groups in total. The van der Waals surface area contributed by atoms with Crippen molar-refractivity contribution in [2.45, 2.75) is 32.4 Å². The summed E-state index contributed by atoms with van der Waals surface area (Å²) in [7, 11) is 0. The maximum Gasteiger partial charge on any atom is 0.140 e. The first-order valence-corrected chi connectivity index (χ1v) is 9.56. The lowest BCUT2D eigenvalue weighted by atomic mass is 10.1. The van der Waals surface area contributed by atoms with Gasteiger partial charge in [0.15, 0.2) is 0 Å². The Morgan fingerprint density at radius 2 is 1.96 bits per heavy atom. The summed E-state index contributed by atoms with van der Waals surface area (Å²) in [5, 5.41) is 10.0. The Morgan fingerprint density at radius 1 is 1.18 bits per heavy atom. The number of likely N-dealkylation sites (tertiary alicyclic amines) is 1. The van der Waals surface area contributed by atoms with Gasteiger partial charge in [0.25, 0.3) is 0 Å². The molecular weight excluding hydrogens is 353 g/mol. The molecule has 2 aromatic carbocycles. The molecule has 0 amide bonds. The number of benzene rings is 2. The molecule has 0 spiro atoms. The van der Waals surface area contributed by atoms with Crippen molar-refractivity contribution in [2.75, 3.05) is 13.1 Å². The van der Waals surface area contributed by atoms with Gasteiger partial charge in [-0.25, -0.2) is 4.39 Å². The summed E-state index contributed by atoms with van der Waals surface area (Å²) in [6.07, 6.45) is 2.04. The van der Waals surface area contributed by atoms with Crippen LogP contribution < -0.4 is 4.74 Å². The van der Waals surface area contributed by atoms with Gasteiger partial charge >= 0.3 is 0 Å². The van der Waals surface area contributed by atoms with Crippen LogP contribution in [0.1, 0.15) is 29.7 Å². The zero-order valence-electron chi connectivity index (χ0n) is 15.9. The highest BCUT2D eigenvalue weighted by atomic mass is 19.1. The largest absolute Gasteiger partial charge is 0.490 e. The lowest BCUT2D eigenvalue weighted by Gasteiger charge is -2.32. The second kappa shape index (κ2) is 7.95. The van der Waals surface area contributed by atoms with Gasteiger partial charge < -0.3 is 4.74 Å². The van der Waals surface area contributed by atoms with Crippen molar-refractivity contribution in [3.05, 3.63) is 71.2 Å². The van der Waals surface area contributed by atoms with Crippen LogP contribution in [0.3, 0.4) is 0 Å². The van der Waals surface area contributed by atoms with Crippen LogP contribution in [0.15, 0.2) is 48.5 Å². The lowest BCUT2D eigenvalue weighted by Crippen LogP contribution is -2.37. The Morgan fingerprint density at radius 3 is 2.75 bits per heavy atom. The molecule has 0 aliphatic carbocycles. The van der Waals surface area contributed by atoms with Gasteiger partial charge in [-0.1, -0.05) is 18.2 Å². The number of aryl methyl sites for hydroxylation is 1. The van der Waals surface area contributed by atoms with Crippen LogP contribution in [0.5, 0.6) is 5.75 Å². The fraction of sp³-hybridized carbons (Fsp3) is 0.304. The van der Waals surface area contributed by atoms with Crippen molar-refractivity contribution in [3.8, 4) is 11.8 Å². The number of halogens is 1. The first-order chi connectivity index (χ1) is 13.6. The Hall–Kier alpha value is -2.97. The van der Waals surface area contributed by atoms with Gasteiger partial charge in [-0.3, -0.25) is 9.88 Å². The summed E-state index contributed by atoms with van der Waals surface area (Å²) < 4.78 is 19.8. The molecule has 1 aliphatic heterocycles. The van der Waals surface area contributed by atoms with Crippen LogP contribution in [0.25, 0.3) is 10.9 Å². The Bertz CT molecular complexity index is 1040. The van der Waals surface area contributed by atoms with Gasteiger partial charge in [-0.15, -0.1) is 0 Å². The third-order valence-corrected chi connectivity index (χ3v) is 5.19. The maximum absolute atomic E-state index is 13.5. The zero-order chi connectivity index (χ0) is 19.5. The quantitative estimate of drug-likeness (QED) is 0.669. The predicted molar refractivity (Wildman–Crippen MR) is 107 cm³/mol. The fourth-order valence-corrected chi connectivity index (χ4v) is 3.75. The Balaban J connectivity index is 1.39. The monoisotopic (exact) mass is 375 g/mol. The molecule has 2 heterocycles. The zero-order valence-corrected chi connectivity index (χ0v) is 15.9. The third-order valence-electron chi connectivity index (χ3n) is 5.19. The molecule has 1 saturated heterocycles. The number of nitriles is 1. The number of piperidine rings is 1. The van der Waals surface area contributed by atoms with Crippen molar-refractivity contribution in [3.63, 3.8) is 0 Å². The average molecular weight is 375 g/mol. The predicted octanol–water partition coefficient (Wildman–Crippen LogP) is 4.60. The van der Waals surface area contributed by atoms with E-state index in [0.717, 1.165) is 60.4 Å². The second-order valence-electron chi connectivity index (χ2n) is 7.30. The molecule has 1 aromatic heterocycles. The number of pyridine rings is 1. The highest BCUT2D eigenvalue weighted by Gasteiger charge is 2.21. The third kappa shape index (κ3) is 3.97. The van der Waals surface area contributed by atoms with Gasteiger partial charge in [0.1, 0.15) is 23.7 Å². The number of nitrogens with zero attached hydrogens (tertiary/aromatic N) is 3. The Kier molecular flexibility index (Phi) is 5.23. The number of ether oxygens (including phenoxy) is 1. The summed E-state index contributed by atoms with van der Waals surface area (Å²) >= 11 is 0. The first kappa shape index (κ1) is 18.4. The van der Waals surface area contributed by atoms with Gasteiger partial charge in [-0.2, -0.15) is 5.26 Å². The standard InChI is InChI=1S/C23H22FN3O/c1-16-12-23(20-4-2-3-5-22(20)26-16)28-19-8-10-27(11-9-19)15-17-6-7-21(24)18(13-17)14-25/h2-7,12-13,19H,8-11,15H2,1H3. The molecule has 1 fully saturated rings. The van der Waals surface area contributed by atoms with Crippen molar-refractivity contribution >= 4 is 10.9 Å². The first-order valence-electron chi connectivity index (χ1n) is 9.56. The summed E-state index contributed by atoms with van der Waals surface area (Å²) in [6, 6.07) is 16.7. The summed E-state index contributed by atoms with van der Waals surface area (Å²) in [4.78, 5) is 6.89. The molecule has 0 saturated carbocycles. The van der Waals surface area contributed by atoms with Crippen LogP contribution in [0, 0.1) is 24.1 Å². The summed E-state index contributed by atoms with van der Waals surface area (Å²) in [5.74, 6) is 0.442. The van der Waals surface area contributed by atoms with E-state index in [-0.39, 0.29) is 11.7 Å². The summed E-state index contributed by atoms with van der Waals surface area (Å²) in [5.41, 5.74) is 2.99. The van der Waals surface area contributed by atoms with E-state index in [1.54, 1.807) is 12.1 Å². The minimum Gasteiger partial charge on any atom is -0.490 e. The summed E-state index contributed by atoms with van der Waals surface area (Å²) in [6.45, 7) is 4.52. The molecule has 0 atom stereocenters. The van der Waals surface area contributed by atoms with Crippen LogP contribution in [0.2, 0.25) is 0 Å². The van der Waals surface area contributed by atoms with Crippen LogP contribution in [-0.4, -0.2) is 29.1 Å². The van der Waals surface area contributed by atoms with Gasteiger partial charge in [-0.05, 0) is 49.6 Å². The molecule has 1 aliphatic rings. The molecule has 4 rings (SSSR count). The van der Waals surface area contributed by atoms with Crippen molar-refractivity contribution in [1.29, 1.82) is 5.26 Å². The normalized spacial score (nSPS) is 15.5. The number of rotatable bonds is 4. The minimum absolute atomic E-state index is 0.107. The SMILES string of the molecule is Cc1cc(OC2CCN(Cc3ccc(F)c(C#N)c3)CC2)c2ccccc2n1. The maximum atomic E-state index is 13.5. The highest BCUT2D eigenvalue weighted by molar-refractivity contribution is 5.85. The number of para-hydroxylation sites is 1. The van der Waals surface area contributed by atoms with Crippen LogP contribution >= 0.6 is 0 Å².